The molecular weight excluding hydrogens is 429 g/mol. The second-order valence-electron chi connectivity index (χ2n) is 5.73. The summed E-state index contributed by atoms with van der Waals surface area (Å²) >= 11 is 7.03. The van der Waals surface area contributed by atoms with E-state index in [9.17, 15) is 18.0 Å². The van der Waals surface area contributed by atoms with Crippen molar-refractivity contribution in [1.82, 2.24) is 15.2 Å². The van der Waals surface area contributed by atoms with Crippen molar-refractivity contribution in [3.63, 3.8) is 0 Å². The monoisotopic (exact) mass is 442 g/mol. The Hall–Kier alpha value is -2.72. The van der Waals surface area contributed by atoms with Gasteiger partial charge in [-0.1, -0.05) is 29.4 Å². The quantitative estimate of drug-likeness (QED) is 0.532. The SMILES string of the molecule is COc1ccc(Cl)cc1-c1nc(SCC(=O)Nc2cccc(C(F)(F)F)c2)n[nH]1. The molecule has 2 N–H and O–H groups in total. The zero-order chi connectivity index (χ0) is 21.0. The fraction of sp³-hybridized carbons (Fsp3) is 0.167. The summed E-state index contributed by atoms with van der Waals surface area (Å²) < 4.78 is 43.5. The minimum absolute atomic E-state index is 0.0600. The van der Waals surface area contributed by atoms with Crippen LogP contribution >= 0.6 is 23.4 Å². The van der Waals surface area contributed by atoms with Gasteiger partial charge in [-0.05, 0) is 36.4 Å². The number of H-pyrrole nitrogens is 1. The number of amides is 1. The van der Waals surface area contributed by atoms with Gasteiger partial charge in [0.15, 0.2) is 5.82 Å². The molecule has 0 fully saturated rings. The largest absolute Gasteiger partial charge is 0.496 e. The van der Waals surface area contributed by atoms with Gasteiger partial charge < -0.3 is 10.1 Å². The molecule has 2 aromatic carbocycles. The Morgan fingerprint density at radius 2 is 2.07 bits per heavy atom. The maximum absolute atomic E-state index is 12.7. The summed E-state index contributed by atoms with van der Waals surface area (Å²) in [6.45, 7) is 0. The first-order chi connectivity index (χ1) is 13.8. The fourth-order valence-corrected chi connectivity index (χ4v) is 3.17. The van der Waals surface area contributed by atoms with E-state index in [0.29, 0.717) is 27.3 Å². The van der Waals surface area contributed by atoms with Gasteiger partial charge in [-0.3, -0.25) is 9.89 Å². The number of carbonyl (C=O) groups excluding carboxylic acids is 1. The van der Waals surface area contributed by atoms with Gasteiger partial charge in [0.25, 0.3) is 0 Å². The molecule has 1 amide bonds. The number of anilines is 1. The molecule has 0 bridgehead atoms. The van der Waals surface area contributed by atoms with Gasteiger partial charge in [0.05, 0.1) is 24.0 Å². The van der Waals surface area contributed by atoms with Gasteiger partial charge in [-0.15, -0.1) is 5.10 Å². The van der Waals surface area contributed by atoms with E-state index in [1.54, 1.807) is 18.2 Å². The Morgan fingerprint density at radius 1 is 1.28 bits per heavy atom. The van der Waals surface area contributed by atoms with Crippen molar-refractivity contribution >= 4 is 35.0 Å². The van der Waals surface area contributed by atoms with Crippen molar-refractivity contribution in [3.8, 4) is 17.1 Å². The molecule has 152 valence electrons. The Balaban J connectivity index is 1.63. The molecule has 0 aliphatic heterocycles. The molecule has 0 radical (unpaired) electrons. The number of alkyl halides is 3. The number of nitrogens with one attached hydrogen (secondary N) is 2. The average Bonchev–Trinajstić information content (AvgIpc) is 3.15. The summed E-state index contributed by atoms with van der Waals surface area (Å²) in [7, 11) is 1.51. The molecule has 29 heavy (non-hydrogen) atoms. The fourth-order valence-electron chi connectivity index (χ4n) is 2.40. The standard InChI is InChI=1S/C18H14ClF3N4O2S/c1-28-14-6-5-11(19)8-13(14)16-24-17(26-25-16)29-9-15(27)23-12-4-2-3-10(7-12)18(20,21)22/h2-8H,9H2,1H3,(H,23,27)(H,24,25,26). The minimum Gasteiger partial charge on any atom is -0.496 e. The predicted octanol–water partition coefficient (Wildman–Crippen LogP) is 4.88. The first-order valence-electron chi connectivity index (χ1n) is 8.12. The van der Waals surface area contributed by atoms with Crippen LogP contribution in [-0.2, 0) is 11.0 Å². The van der Waals surface area contributed by atoms with Gasteiger partial charge in [0.2, 0.25) is 11.1 Å². The number of nitrogens with zero attached hydrogens (tertiary/aromatic N) is 2. The number of hydrogen-bond acceptors (Lipinski definition) is 5. The van der Waals surface area contributed by atoms with Crippen LogP contribution in [0.5, 0.6) is 5.75 Å². The third-order valence-electron chi connectivity index (χ3n) is 3.69. The van der Waals surface area contributed by atoms with Crippen LogP contribution in [0.3, 0.4) is 0 Å². The van der Waals surface area contributed by atoms with Crippen LogP contribution in [0, 0.1) is 0 Å². The Morgan fingerprint density at radius 3 is 2.79 bits per heavy atom. The molecule has 1 aromatic heterocycles. The highest BCUT2D eigenvalue weighted by molar-refractivity contribution is 7.99. The molecule has 0 saturated heterocycles. The van der Waals surface area contributed by atoms with Crippen LogP contribution in [-0.4, -0.2) is 34.0 Å². The molecule has 0 spiro atoms. The van der Waals surface area contributed by atoms with Crippen molar-refractivity contribution in [1.29, 1.82) is 0 Å². The molecule has 6 nitrogen and oxygen atoms in total. The maximum Gasteiger partial charge on any atom is 0.416 e. The number of hydrogen-bond donors (Lipinski definition) is 2. The van der Waals surface area contributed by atoms with Crippen molar-refractivity contribution in [2.24, 2.45) is 0 Å². The molecule has 0 aliphatic rings. The zero-order valence-corrected chi connectivity index (χ0v) is 16.5. The van der Waals surface area contributed by atoms with Gasteiger partial charge in [-0.2, -0.15) is 13.2 Å². The lowest BCUT2D eigenvalue weighted by molar-refractivity contribution is -0.137. The molecule has 0 aliphatic carbocycles. The van der Waals surface area contributed by atoms with E-state index in [4.69, 9.17) is 16.3 Å². The lowest BCUT2D eigenvalue weighted by atomic mass is 10.2. The second-order valence-corrected chi connectivity index (χ2v) is 7.11. The summed E-state index contributed by atoms with van der Waals surface area (Å²) in [5.41, 5.74) is -0.172. The number of aromatic nitrogens is 3. The van der Waals surface area contributed by atoms with E-state index < -0.39 is 17.6 Å². The van der Waals surface area contributed by atoms with Crippen LogP contribution in [0.15, 0.2) is 47.6 Å². The number of carbonyl (C=O) groups is 1. The normalized spacial score (nSPS) is 11.3. The summed E-state index contributed by atoms with van der Waals surface area (Å²) in [6, 6.07) is 9.45. The molecule has 0 unspecified atom stereocenters. The number of thioether (sulfide) groups is 1. The number of benzene rings is 2. The maximum atomic E-state index is 12.7. The lowest BCUT2D eigenvalue weighted by Gasteiger charge is -2.09. The molecule has 11 heteroatoms. The Kier molecular flexibility index (Phi) is 6.33. The average molecular weight is 443 g/mol. The summed E-state index contributed by atoms with van der Waals surface area (Å²) in [5, 5.41) is 9.98. The summed E-state index contributed by atoms with van der Waals surface area (Å²) in [6.07, 6.45) is -4.48. The highest BCUT2D eigenvalue weighted by Crippen LogP contribution is 2.32. The number of aromatic amines is 1. The van der Waals surface area contributed by atoms with E-state index in [0.717, 1.165) is 23.9 Å². The molecule has 1 heterocycles. The Labute approximate surface area is 172 Å². The Bertz CT molecular complexity index is 1030. The van der Waals surface area contributed by atoms with E-state index >= 15 is 0 Å². The van der Waals surface area contributed by atoms with Gasteiger partial charge in [0.1, 0.15) is 5.75 Å². The number of methoxy groups -OCH3 is 1. The van der Waals surface area contributed by atoms with Crippen molar-refractivity contribution in [2.45, 2.75) is 11.3 Å². The molecule has 0 saturated carbocycles. The zero-order valence-electron chi connectivity index (χ0n) is 14.9. The van der Waals surface area contributed by atoms with E-state index in [-0.39, 0.29) is 11.4 Å². The van der Waals surface area contributed by atoms with E-state index in [1.807, 2.05) is 0 Å². The van der Waals surface area contributed by atoms with Gasteiger partial charge in [0, 0.05) is 10.7 Å². The van der Waals surface area contributed by atoms with Crippen molar-refractivity contribution in [3.05, 3.63) is 53.1 Å². The lowest BCUT2D eigenvalue weighted by Crippen LogP contribution is -2.15. The molecule has 3 aromatic rings. The molecule has 0 atom stereocenters. The molecular formula is C18H14ClF3N4O2S. The topological polar surface area (TPSA) is 79.9 Å². The highest BCUT2D eigenvalue weighted by atomic mass is 35.5. The van der Waals surface area contributed by atoms with Crippen LogP contribution < -0.4 is 10.1 Å². The first kappa shape index (κ1) is 21.0. The van der Waals surface area contributed by atoms with Crippen LogP contribution in [0.2, 0.25) is 5.02 Å². The minimum atomic E-state index is -4.48. The van der Waals surface area contributed by atoms with Crippen LogP contribution in [0.4, 0.5) is 18.9 Å². The number of halogens is 4. The van der Waals surface area contributed by atoms with Crippen molar-refractivity contribution < 1.29 is 22.7 Å². The van der Waals surface area contributed by atoms with Crippen molar-refractivity contribution in [2.75, 3.05) is 18.2 Å². The predicted molar refractivity (Wildman–Crippen MR) is 104 cm³/mol. The first-order valence-corrected chi connectivity index (χ1v) is 9.49. The number of ether oxygens (including phenoxy) is 1. The molecule has 3 rings (SSSR count). The summed E-state index contributed by atoms with van der Waals surface area (Å²) in [4.78, 5) is 16.3. The van der Waals surface area contributed by atoms with Crippen LogP contribution in [0.25, 0.3) is 11.4 Å². The van der Waals surface area contributed by atoms with E-state index in [1.165, 1.54) is 19.2 Å². The van der Waals surface area contributed by atoms with Crippen LogP contribution in [0.1, 0.15) is 5.56 Å². The highest BCUT2D eigenvalue weighted by Gasteiger charge is 2.30. The smallest absolute Gasteiger partial charge is 0.416 e. The van der Waals surface area contributed by atoms with Gasteiger partial charge >= 0.3 is 6.18 Å². The number of rotatable bonds is 6. The second kappa shape index (κ2) is 8.75. The summed E-state index contributed by atoms with van der Waals surface area (Å²) in [5.74, 6) is 0.385. The van der Waals surface area contributed by atoms with E-state index in [2.05, 4.69) is 20.5 Å². The third kappa shape index (κ3) is 5.42. The van der Waals surface area contributed by atoms with Gasteiger partial charge in [-0.25, -0.2) is 4.98 Å². The third-order valence-corrected chi connectivity index (χ3v) is 4.77.